The fourth-order valence-corrected chi connectivity index (χ4v) is 4.53. The number of methoxy groups -OCH3 is 1. The molecule has 0 bridgehead atoms. The predicted molar refractivity (Wildman–Crippen MR) is 147 cm³/mol. The molecule has 0 saturated heterocycles. The van der Waals surface area contributed by atoms with E-state index in [2.05, 4.69) is 37.1 Å². The fourth-order valence-electron chi connectivity index (χ4n) is 3.58. The molecule has 11 nitrogen and oxygen atoms in total. The Morgan fingerprint density at radius 3 is 2.72 bits per heavy atom. The number of likely N-dealkylation sites (N-methyl/N-ethyl adjacent to an activating group) is 1. The van der Waals surface area contributed by atoms with Crippen molar-refractivity contribution in [3.8, 4) is 28.7 Å². The van der Waals surface area contributed by atoms with E-state index in [0.717, 1.165) is 30.2 Å². The number of fused-ring (bicyclic) bond motifs is 1. The second kappa shape index (κ2) is 10.8. The molecule has 0 unspecified atom stereocenters. The summed E-state index contributed by atoms with van der Waals surface area (Å²) in [5.41, 5.74) is 1.13. The molecule has 198 valence electrons. The molecule has 1 aliphatic carbocycles. The molecule has 1 N–H and O–H groups in total. The minimum absolute atomic E-state index is 0.0327. The minimum atomic E-state index is -0.601. The lowest BCUT2D eigenvalue weighted by Gasteiger charge is -2.16. The van der Waals surface area contributed by atoms with E-state index in [9.17, 15) is 14.4 Å². The minimum Gasteiger partial charge on any atom is -0.494 e. The highest BCUT2D eigenvalue weighted by Crippen LogP contribution is 2.34. The van der Waals surface area contributed by atoms with Gasteiger partial charge in [0.1, 0.15) is 23.1 Å². The second-order valence-corrected chi connectivity index (χ2v) is 10.3. The van der Waals surface area contributed by atoms with Crippen molar-refractivity contribution < 1.29 is 14.3 Å². The molecular weight excluding hydrogens is 542 g/mol. The summed E-state index contributed by atoms with van der Waals surface area (Å²) in [6.45, 7) is -0.219. The third-order valence-electron chi connectivity index (χ3n) is 5.84. The van der Waals surface area contributed by atoms with Crippen molar-refractivity contribution in [1.29, 1.82) is 0 Å². The van der Waals surface area contributed by atoms with E-state index in [1.807, 2.05) is 0 Å². The molecule has 0 atom stereocenters. The first kappa shape index (κ1) is 26.3. The highest BCUT2D eigenvalue weighted by molar-refractivity contribution is 7.21. The first-order valence-electron chi connectivity index (χ1n) is 11.8. The topological polar surface area (TPSA) is 132 Å². The number of nitrogens with one attached hydrogen (secondary N) is 1. The number of thiazole rings is 1. The number of halogens is 1. The number of anilines is 1. The Morgan fingerprint density at radius 2 is 2.00 bits per heavy atom. The molecular formula is C26H22ClN7O4S. The van der Waals surface area contributed by atoms with Gasteiger partial charge in [-0.15, -0.1) is 0 Å². The normalized spacial score (nSPS) is 12.5. The van der Waals surface area contributed by atoms with Crippen molar-refractivity contribution in [3.05, 3.63) is 57.5 Å². The van der Waals surface area contributed by atoms with Crippen molar-refractivity contribution in [3.63, 3.8) is 0 Å². The number of carbonyl (C=O) groups is 2. The first-order valence-corrected chi connectivity index (χ1v) is 13.0. The Kier molecular flexibility index (Phi) is 7.28. The number of ether oxygens (including phenoxy) is 1. The quantitative estimate of drug-likeness (QED) is 0.280. The second-order valence-electron chi connectivity index (χ2n) is 8.96. The van der Waals surface area contributed by atoms with E-state index in [4.69, 9.17) is 16.3 Å². The smallest absolute Gasteiger partial charge is 0.258 e. The molecule has 5 rings (SSSR count). The van der Waals surface area contributed by atoms with Crippen molar-refractivity contribution in [2.24, 2.45) is 5.92 Å². The van der Waals surface area contributed by atoms with Crippen molar-refractivity contribution in [1.82, 2.24) is 29.4 Å². The van der Waals surface area contributed by atoms with Crippen molar-refractivity contribution in [2.75, 3.05) is 26.5 Å². The van der Waals surface area contributed by atoms with E-state index < -0.39 is 11.5 Å². The zero-order valence-electron chi connectivity index (χ0n) is 21.2. The highest BCUT2D eigenvalue weighted by Gasteiger charge is 2.22. The number of amides is 2. The van der Waals surface area contributed by atoms with Crippen LogP contribution in [0, 0.1) is 17.8 Å². The third-order valence-corrected chi connectivity index (χ3v) is 6.91. The van der Waals surface area contributed by atoms with Gasteiger partial charge in [-0.2, -0.15) is 4.98 Å². The average Bonchev–Trinajstić information content (AvgIpc) is 3.66. The van der Waals surface area contributed by atoms with Gasteiger partial charge in [-0.3, -0.25) is 19.7 Å². The standard InChI is InChI=1S/C26H22ClN7O4S/c1-33(2)22(36)13-34-12-18(16-8-20(27)28-11-19(16)38-3)17(9-21(34)35)24(37)32-26-31-23-25(39-26)30-15(10-29-23)7-6-14-4-5-14/h8-12,14H,4-5,13H2,1-3H3,(H,29,31,32,37). The molecule has 2 amide bonds. The van der Waals surface area contributed by atoms with Gasteiger partial charge in [0.25, 0.3) is 11.5 Å². The van der Waals surface area contributed by atoms with Crippen LogP contribution in [0.2, 0.25) is 5.15 Å². The molecule has 4 heterocycles. The molecule has 0 radical (unpaired) electrons. The molecule has 0 spiro atoms. The Bertz CT molecular complexity index is 1730. The fraction of sp³-hybridized carbons (Fsp3) is 0.269. The van der Waals surface area contributed by atoms with E-state index in [1.165, 1.54) is 35.0 Å². The molecule has 39 heavy (non-hydrogen) atoms. The summed E-state index contributed by atoms with van der Waals surface area (Å²) in [5.74, 6) is 6.02. The molecule has 1 saturated carbocycles. The Balaban J connectivity index is 1.53. The van der Waals surface area contributed by atoms with Crippen LogP contribution in [0.15, 0.2) is 35.5 Å². The number of rotatable bonds is 6. The van der Waals surface area contributed by atoms with Crippen LogP contribution in [0.5, 0.6) is 5.75 Å². The Labute approximate surface area is 231 Å². The van der Waals surface area contributed by atoms with Crippen molar-refractivity contribution >= 4 is 50.4 Å². The van der Waals surface area contributed by atoms with Gasteiger partial charge in [-0.25, -0.2) is 15.0 Å². The zero-order valence-corrected chi connectivity index (χ0v) is 22.8. The van der Waals surface area contributed by atoms with Crippen LogP contribution in [0.4, 0.5) is 5.13 Å². The number of hydrogen-bond acceptors (Lipinski definition) is 9. The number of hydrogen-bond donors (Lipinski definition) is 1. The summed E-state index contributed by atoms with van der Waals surface area (Å²) >= 11 is 7.30. The average molecular weight is 564 g/mol. The summed E-state index contributed by atoms with van der Waals surface area (Å²) in [6.07, 6.45) is 6.60. The molecule has 1 fully saturated rings. The van der Waals surface area contributed by atoms with Crippen LogP contribution in [-0.2, 0) is 11.3 Å². The van der Waals surface area contributed by atoms with Crippen LogP contribution in [-0.4, -0.2) is 62.4 Å². The van der Waals surface area contributed by atoms with Crippen LogP contribution in [0.3, 0.4) is 0 Å². The Morgan fingerprint density at radius 1 is 1.21 bits per heavy atom. The van der Waals surface area contributed by atoms with Crippen LogP contribution >= 0.6 is 22.9 Å². The number of carbonyl (C=O) groups excluding carboxylic acids is 2. The summed E-state index contributed by atoms with van der Waals surface area (Å²) in [4.78, 5) is 57.8. The maximum absolute atomic E-state index is 13.5. The van der Waals surface area contributed by atoms with Crippen LogP contribution < -0.4 is 15.6 Å². The lowest BCUT2D eigenvalue weighted by atomic mass is 10.0. The summed E-state index contributed by atoms with van der Waals surface area (Å²) in [6, 6.07) is 2.68. The van der Waals surface area contributed by atoms with Gasteiger partial charge in [0.2, 0.25) is 5.91 Å². The van der Waals surface area contributed by atoms with Gasteiger partial charge >= 0.3 is 0 Å². The number of pyridine rings is 2. The van der Waals surface area contributed by atoms with Gasteiger partial charge in [0.15, 0.2) is 15.6 Å². The van der Waals surface area contributed by atoms with Gasteiger partial charge in [-0.05, 0) is 24.8 Å². The zero-order chi connectivity index (χ0) is 27.7. The number of nitrogens with zero attached hydrogens (tertiary/aromatic N) is 6. The molecule has 0 aliphatic heterocycles. The van der Waals surface area contributed by atoms with E-state index >= 15 is 0 Å². The van der Waals surface area contributed by atoms with Gasteiger partial charge < -0.3 is 14.2 Å². The van der Waals surface area contributed by atoms with E-state index in [0.29, 0.717) is 39.0 Å². The molecule has 4 aromatic heterocycles. The summed E-state index contributed by atoms with van der Waals surface area (Å²) in [7, 11) is 4.63. The lowest BCUT2D eigenvalue weighted by molar-refractivity contribution is -0.129. The Hall–Kier alpha value is -4.34. The van der Waals surface area contributed by atoms with Gasteiger partial charge in [0.05, 0.1) is 25.1 Å². The largest absolute Gasteiger partial charge is 0.494 e. The SMILES string of the molecule is COc1cnc(Cl)cc1-c1cn(CC(=O)N(C)C)c(=O)cc1C(=O)Nc1nc2ncc(C#CC3CC3)nc2s1. The monoisotopic (exact) mass is 563 g/mol. The van der Waals surface area contributed by atoms with Crippen molar-refractivity contribution in [2.45, 2.75) is 19.4 Å². The first-order chi connectivity index (χ1) is 18.7. The van der Waals surface area contributed by atoms with Crippen LogP contribution in [0.1, 0.15) is 28.9 Å². The van der Waals surface area contributed by atoms with Crippen LogP contribution in [0.25, 0.3) is 21.6 Å². The van der Waals surface area contributed by atoms with Gasteiger partial charge in [0, 0.05) is 43.4 Å². The summed E-state index contributed by atoms with van der Waals surface area (Å²) in [5, 5.41) is 3.14. The van der Waals surface area contributed by atoms with E-state index in [1.54, 1.807) is 20.3 Å². The third kappa shape index (κ3) is 5.89. The van der Waals surface area contributed by atoms with Gasteiger partial charge in [-0.1, -0.05) is 28.9 Å². The predicted octanol–water partition coefficient (Wildman–Crippen LogP) is 3.07. The maximum atomic E-state index is 13.5. The number of aromatic nitrogens is 5. The maximum Gasteiger partial charge on any atom is 0.258 e. The van der Waals surface area contributed by atoms with E-state index in [-0.39, 0.29) is 28.3 Å². The molecule has 13 heteroatoms. The molecule has 1 aliphatic rings. The molecule has 4 aromatic rings. The highest BCUT2D eigenvalue weighted by atomic mass is 35.5. The molecule has 0 aromatic carbocycles. The lowest BCUT2D eigenvalue weighted by Crippen LogP contribution is -2.32. The summed E-state index contributed by atoms with van der Waals surface area (Å²) < 4.78 is 6.65.